The number of alkyl halides is 1. The van der Waals surface area contributed by atoms with E-state index in [2.05, 4.69) is 32.1 Å². The van der Waals surface area contributed by atoms with Crippen LogP contribution in [0.4, 0.5) is 0 Å². The first-order chi connectivity index (χ1) is 25.8. The zero-order chi connectivity index (χ0) is 38.2. The van der Waals surface area contributed by atoms with Gasteiger partial charge >= 0.3 is 11.9 Å². The molecule has 53 heavy (non-hydrogen) atoms. The number of ether oxygens (including phenoxy) is 3. The number of unbranched alkanes of at least 4 members (excludes halogenated alkanes) is 12. The molecule has 300 valence electrons. The van der Waals surface area contributed by atoms with Crippen LogP contribution in [0.1, 0.15) is 165 Å². The van der Waals surface area contributed by atoms with Gasteiger partial charge in [0.25, 0.3) is 0 Å². The second-order valence-corrected chi connectivity index (χ2v) is 16.1. The number of aliphatic hydroxyl groups is 2. The van der Waals surface area contributed by atoms with Crippen LogP contribution in [-0.4, -0.2) is 59.6 Å². The summed E-state index contributed by atoms with van der Waals surface area (Å²) in [5.74, 6) is 0.0774. The number of rotatable bonds is 29. The summed E-state index contributed by atoms with van der Waals surface area (Å²) in [5, 5.41) is 21.3. The van der Waals surface area contributed by atoms with Crippen molar-refractivity contribution in [3.8, 4) is 5.75 Å². The Bertz CT molecular complexity index is 1190. The lowest BCUT2D eigenvalue weighted by Crippen LogP contribution is -2.40. The third-order valence-electron chi connectivity index (χ3n) is 11.6. The number of aliphatic hydroxyl groups excluding tert-OH is 2. The average Bonchev–Trinajstić information content (AvgIpc) is 3.40. The first-order valence-corrected chi connectivity index (χ1v) is 21.6. The Hall–Kier alpha value is -2.35. The lowest BCUT2D eigenvalue weighted by Gasteiger charge is -2.45. The average molecular weight is 760 g/mol. The van der Waals surface area contributed by atoms with Crippen LogP contribution < -0.4 is 4.74 Å². The molecular formula is C45H71ClO7. The molecule has 0 unspecified atom stereocenters. The molecule has 2 saturated carbocycles. The van der Waals surface area contributed by atoms with Gasteiger partial charge in [-0.25, -0.2) is 4.79 Å². The highest BCUT2D eigenvalue weighted by molar-refractivity contribution is 6.21. The Morgan fingerprint density at radius 1 is 0.849 bits per heavy atom. The van der Waals surface area contributed by atoms with Crippen LogP contribution >= 0.6 is 11.6 Å². The Labute approximate surface area is 326 Å². The minimum absolute atomic E-state index is 0.00255. The van der Waals surface area contributed by atoms with Crippen LogP contribution in [0, 0.1) is 17.3 Å². The summed E-state index contributed by atoms with van der Waals surface area (Å²) >= 11 is 6.62. The number of carbonyl (C=O) groups is 2. The van der Waals surface area contributed by atoms with Crippen LogP contribution in [0.25, 0.3) is 0 Å². The van der Waals surface area contributed by atoms with Crippen LogP contribution in [-0.2, 0) is 14.3 Å². The van der Waals surface area contributed by atoms with Crippen molar-refractivity contribution in [2.24, 2.45) is 17.3 Å². The zero-order valence-corrected chi connectivity index (χ0v) is 33.8. The monoisotopic (exact) mass is 758 g/mol. The third-order valence-corrected chi connectivity index (χ3v) is 12.1. The summed E-state index contributed by atoms with van der Waals surface area (Å²) in [6.45, 7) is 5.12. The summed E-state index contributed by atoms with van der Waals surface area (Å²) in [6.07, 6.45) is 31.2. The second kappa shape index (κ2) is 26.5. The van der Waals surface area contributed by atoms with Crippen LogP contribution in [0.5, 0.6) is 5.75 Å². The molecule has 2 aliphatic rings. The first-order valence-electron chi connectivity index (χ1n) is 21.2. The van der Waals surface area contributed by atoms with Crippen molar-refractivity contribution in [2.45, 2.75) is 173 Å². The molecule has 1 aromatic rings. The van der Waals surface area contributed by atoms with Gasteiger partial charge in [-0.2, -0.15) is 0 Å². The van der Waals surface area contributed by atoms with E-state index in [1.807, 2.05) is 6.08 Å². The molecule has 2 N–H and O–H groups in total. The fourth-order valence-electron chi connectivity index (χ4n) is 7.83. The van der Waals surface area contributed by atoms with Crippen molar-refractivity contribution < 1.29 is 34.0 Å². The first kappa shape index (κ1) is 45.0. The Morgan fingerprint density at radius 2 is 1.49 bits per heavy atom. The van der Waals surface area contributed by atoms with E-state index in [-0.39, 0.29) is 54.3 Å². The van der Waals surface area contributed by atoms with E-state index in [0.29, 0.717) is 31.4 Å². The molecule has 0 saturated heterocycles. The number of hydrogen-bond acceptors (Lipinski definition) is 7. The molecule has 0 amide bonds. The molecule has 0 bridgehead atoms. The van der Waals surface area contributed by atoms with Crippen LogP contribution in [0.3, 0.4) is 0 Å². The highest BCUT2D eigenvalue weighted by Crippen LogP contribution is 2.48. The number of carbonyl (C=O) groups excluding carboxylic acids is 2. The zero-order valence-electron chi connectivity index (χ0n) is 33.0. The van der Waals surface area contributed by atoms with Crippen molar-refractivity contribution in [1.29, 1.82) is 0 Å². The molecule has 2 aliphatic carbocycles. The lowest BCUT2D eigenvalue weighted by molar-refractivity contribution is -0.144. The predicted molar refractivity (Wildman–Crippen MR) is 215 cm³/mol. The summed E-state index contributed by atoms with van der Waals surface area (Å²) in [4.78, 5) is 24.6. The van der Waals surface area contributed by atoms with E-state index >= 15 is 0 Å². The molecule has 0 aromatic heterocycles. The van der Waals surface area contributed by atoms with Crippen molar-refractivity contribution >= 4 is 23.5 Å². The maximum absolute atomic E-state index is 12.4. The third kappa shape index (κ3) is 16.9. The highest BCUT2D eigenvalue weighted by atomic mass is 35.5. The van der Waals surface area contributed by atoms with E-state index in [4.69, 9.17) is 25.8 Å². The molecule has 5 atom stereocenters. The topological polar surface area (TPSA) is 102 Å². The van der Waals surface area contributed by atoms with Gasteiger partial charge in [0, 0.05) is 17.7 Å². The molecular weight excluding hydrogens is 688 g/mol. The maximum Gasteiger partial charge on any atom is 0.338 e. The van der Waals surface area contributed by atoms with Crippen LogP contribution in [0.15, 0.2) is 48.6 Å². The molecule has 1 aromatic carbocycles. The standard InChI is InChI=1S/C45H71ClO7/c1-3-5-6-7-8-9-10-11-12-13-16-19-32-51-37-28-26-36(27-29-37)44(50)53-34-33-52-43(49)25-18-15-14-17-22-38-39(41(47)35-40(38)46)23-20-24-42(48)45(4-2)30-21-31-45/h14,17,20,23,26-29,38-42,47-48H,3-13,15-16,18-19,21-22,24-25,30-35H2,1-2H3/b17-14-,23-20+/t38-,39+,40+,41-,42+/m1/s1. The van der Waals surface area contributed by atoms with E-state index < -0.39 is 12.1 Å². The van der Waals surface area contributed by atoms with Gasteiger partial charge in [0.05, 0.1) is 24.4 Å². The summed E-state index contributed by atoms with van der Waals surface area (Å²) in [5.41, 5.74) is 0.507. The minimum atomic E-state index is -0.471. The Kier molecular flexibility index (Phi) is 22.5. The summed E-state index contributed by atoms with van der Waals surface area (Å²) in [6, 6.07) is 6.97. The number of halogens is 1. The smallest absolute Gasteiger partial charge is 0.338 e. The number of hydrogen-bond donors (Lipinski definition) is 2. The van der Waals surface area contributed by atoms with Gasteiger partial charge in [-0.15, -0.1) is 11.6 Å². The second-order valence-electron chi connectivity index (χ2n) is 15.5. The van der Waals surface area contributed by atoms with Crippen molar-refractivity contribution in [3.05, 3.63) is 54.1 Å². The Morgan fingerprint density at radius 3 is 2.11 bits per heavy atom. The number of esters is 2. The van der Waals surface area contributed by atoms with E-state index in [1.165, 1.54) is 77.0 Å². The molecule has 0 spiro atoms. The minimum Gasteiger partial charge on any atom is -0.494 e. The summed E-state index contributed by atoms with van der Waals surface area (Å²) in [7, 11) is 0. The van der Waals surface area contributed by atoms with Gasteiger partial charge in [-0.1, -0.05) is 115 Å². The molecule has 0 aliphatic heterocycles. The van der Waals surface area contributed by atoms with Crippen molar-refractivity contribution in [3.63, 3.8) is 0 Å². The SMILES string of the molecule is CCCCCCCCCCCCCCOc1ccc(C(=O)OCCOC(=O)CCC/C=C\C[C@@H]2[C@H](/C=C/C[C@H](O)C3(CC)CCC3)[C@H](O)C[C@@H]2Cl)cc1. The van der Waals surface area contributed by atoms with Crippen LogP contribution in [0.2, 0.25) is 0 Å². The number of benzene rings is 1. The fourth-order valence-corrected chi connectivity index (χ4v) is 8.29. The molecule has 2 fully saturated rings. The number of allylic oxidation sites excluding steroid dienone is 2. The fraction of sp³-hybridized carbons (Fsp3) is 0.733. The molecule has 3 rings (SSSR count). The van der Waals surface area contributed by atoms with Gasteiger partial charge in [0.2, 0.25) is 0 Å². The van der Waals surface area contributed by atoms with Gasteiger partial charge < -0.3 is 24.4 Å². The van der Waals surface area contributed by atoms with Gasteiger partial charge in [0.15, 0.2) is 0 Å². The van der Waals surface area contributed by atoms with Gasteiger partial charge in [-0.3, -0.25) is 4.79 Å². The Balaban J connectivity index is 1.18. The van der Waals surface area contributed by atoms with Gasteiger partial charge in [0.1, 0.15) is 19.0 Å². The lowest BCUT2D eigenvalue weighted by atomic mass is 9.63. The van der Waals surface area contributed by atoms with Gasteiger partial charge in [-0.05, 0) is 93.4 Å². The predicted octanol–water partition coefficient (Wildman–Crippen LogP) is 11.1. The highest BCUT2D eigenvalue weighted by Gasteiger charge is 2.42. The van der Waals surface area contributed by atoms with E-state index in [1.54, 1.807) is 24.3 Å². The maximum atomic E-state index is 12.4. The molecule has 7 nitrogen and oxygen atoms in total. The molecule has 0 radical (unpaired) electrons. The largest absolute Gasteiger partial charge is 0.494 e. The van der Waals surface area contributed by atoms with E-state index in [9.17, 15) is 19.8 Å². The summed E-state index contributed by atoms with van der Waals surface area (Å²) < 4.78 is 16.4. The normalized spacial score (nSPS) is 21.5. The molecule has 8 heteroatoms. The van der Waals surface area contributed by atoms with Crippen molar-refractivity contribution in [2.75, 3.05) is 19.8 Å². The van der Waals surface area contributed by atoms with Crippen molar-refractivity contribution in [1.82, 2.24) is 0 Å². The quantitative estimate of drug-likeness (QED) is 0.0363. The molecule has 0 heterocycles. The van der Waals surface area contributed by atoms with E-state index in [0.717, 1.165) is 44.3 Å².